The highest BCUT2D eigenvalue weighted by molar-refractivity contribution is 6.00. The number of pyridine rings is 1. The van der Waals surface area contributed by atoms with Crippen molar-refractivity contribution in [1.29, 1.82) is 5.26 Å². The van der Waals surface area contributed by atoms with Crippen LogP contribution in [-0.2, 0) is 4.79 Å². The molecule has 7 nitrogen and oxygen atoms in total. The van der Waals surface area contributed by atoms with Crippen LogP contribution in [0.15, 0.2) is 42.6 Å². The number of carbonyl (C=O) groups excluding carboxylic acids is 1. The third-order valence-electron chi connectivity index (χ3n) is 4.80. The number of aromatic nitrogens is 1. The molecule has 7 heteroatoms. The minimum atomic E-state index is -1.11. The van der Waals surface area contributed by atoms with Crippen LogP contribution in [0.1, 0.15) is 32.8 Å². The Balaban J connectivity index is 1.85. The Hall–Kier alpha value is -3.40. The van der Waals surface area contributed by atoms with Crippen molar-refractivity contribution in [1.82, 2.24) is 9.88 Å². The van der Waals surface area contributed by atoms with E-state index in [2.05, 4.69) is 11.1 Å². The van der Waals surface area contributed by atoms with Crippen LogP contribution in [0, 0.1) is 11.3 Å². The standard InChI is InChI=1S/C21H22N4O3/c1-21(2,3)25(20(27)28)17-10-11-24(19(17)26)18-9-8-15(13-23-18)16-7-5-4-6-14(16)12-22/h4-9,13,17H,10-11H2,1-3H3,(H,27,28)/t17-/m0/s1. The molecule has 2 aromatic rings. The number of anilines is 1. The van der Waals surface area contributed by atoms with Gasteiger partial charge in [-0.15, -0.1) is 0 Å². The van der Waals surface area contributed by atoms with Crippen molar-refractivity contribution >= 4 is 17.8 Å². The number of amides is 2. The topological polar surface area (TPSA) is 97.5 Å². The van der Waals surface area contributed by atoms with Gasteiger partial charge in [0, 0.05) is 29.4 Å². The predicted octanol–water partition coefficient (Wildman–Crippen LogP) is 3.50. The highest BCUT2D eigenvalue weighted by Gasteiger charge is 2.43. The van der Waals surface area contributed by atoms with E-state index in [1.807, 2.05) is 18.2 Å². The summed E-state index contributed by atoms with van der Waals surface area (Å²) in [4.78, 5) is 31.7. The quantitative estimate of drug-likeness (QED) is 0.881. The Morgan fingerprint density at radius 3 is 2.57 bits per heavy atom. The summed E-state index contributed by atoms with van der Waals surface area (Å²) in [5, 5.41) is 18.8. The van der Waals surface area contributed by atoms with E-state index in [0.29, 0.717) is 24.3 Å². The summed E-state index contributed by atoms with van der Waals surface area (Å²) in [6.07, 6.45) is 0.942. The maximum absolute atomic E-state index is 12.9. The summed E-state index contributed by atoms with van der Waals surface area (Å²) in [6, 6.07) is 12.2. The molecule has 1 atom stereocenters. The number of nitriles is 1. The van der Waals surface area contributed by atoms with Crippen LogP contribution >= 0.6 is 0 Å². The molecule has 1 N–H and O–H groups in total. The lowest BCUT2D eigenvalue weighted by molar-refractivity contribution is -0.122. The molecule has 1 saturated heterocycles. The Kier molecular flexibility index (Phi) is 5.06. The van der Waals surface area contributed by atoms with Gasteiger partial charge >= 0.3 is 6.09 Å². The lowest BCUT2D eigenvalue weighted by Crippen LogP contribution is -2.54. The van der Waals surface area contributed by atoms with Gasteiger partial charge in [0.05, 0.1) is 11.6 Å². The Morgan fingerprint density at radius 2 is 2.00 bits per heavy atom. The second-order valence-electron chi connectivity index (χ2n) is 7.68. The summed E-state index contributed by atoms with van der Waals surface area (Å²) in [7, 11) is 0. The average Bonchev–Trinajstić information content (AvgIpc) is 3.01. The van der Waals surface area contributed by atoms with E-state index in [-0.39, 0.29) is 5.91 Å². The molecule has 0 unspecified atom stereocenters. The van der Waals surface area contributed by atoms with Gasteiger partial charge in [-0.3, -0.25) is 14.6 Å². The zero-order valence-corrected chi connectivity index (χ0v) is 16.1. The van der Waals surface area contributed by atoms with Gasteiger partial charge < -0.3 is 5.11 Å². The third-order valence-corrected chi connectivity index (χ3v) is 4.80. The van der Waals surface area contributed by atoms with Gasteiger partial charge in [-0.05, 0) is 45.4 Å². The van der Waals surface area contributed by atoms with Crippen LogP contribution in [0.4, 0.5) is 10.6 Å². The Bertz CT molecular complexity index is 941. The highest BCUT2D eigenvalue weighted by atomic mass is 16.4. The van der Waals surface area contributed by atoms with Crippen molar-refractivity contribution in [2.45, 2.75) is 38.8 Å². The van der Waals surface area contributed by atoms with Crippen molar-refractivity contribution in [2.24, 2.45) is 0 Å². The number of carbonyl (C=O) groups is 2. The molecule has 0 saturated carbocycles. The van der Waals surface area contributed by atoms with E-state index < -0.39 is 17.7 Å². The van der Waals surface area contributed by atoms with Crippen molar-refractivity contribution in [3.05, 3.63) is 48.2 Å². The maximum atomic E-state index is 12.9. The fourth-order valence-electron chi connectivity index (χ4n) is 3.56. The summed E-state index contributed by atoms with van der Waals surface area (Å²) in [5.74, 6) is 0.208. The SMILES string of the molecule is CC(C)(C)N(C(=O)O)[C@H]1CCN(c2ccc(-c3ccccc3C#N)cn2)C1=O. The number of carboxylic acid groups (broad SMARTS) is 1. The fraction of sp³-hybridized carbons (Fsp3) is 0.333. The smallest absolute Gasteiger partial charge is 0.408 e. The van der Waals surface area contributed by atoms with Crippen LogP contribution in [0.25, 0.3) is 11.1 Å². The average molecular weight is 378 g/mol. The minimum Gasteiger partial charge on any atom is -0.465 e. The molecule has 2 heterocycles. The number of hydrogen-bond acceptors (Lipinski definition) is 4. The van der Waals surface area contributed by atoms with Crippen molar-refractivity contribution in [3.63, 3.8) is 0 Å². The van der Waals surface area contributed by atoms with E-state index in [0.717, 1.165) is 11.1 Å². The molecule has 3 rings (SSSR count). The van der Waals surface area contributed by atoms with Crippen LogP contribution in [0.5, 0.6) is 0 Å². The zero-order valence-electron chi connectivity index (χ0n) is 16.1. The first-order chi connectivity index (χ1) is 13.2. The lowest BCUT2D eigenvalue weighted by atomic mass is 10.0. The van der Waals surface area contributed by atoms with Crippen LogP contribution < -0.4 is 4.90 Å². The zero-order chi connectivity index (χ0) is 20.5. The molecular weight excluding hydrogens is 356 g/mol. The predicted molar refractivity (Wildman–Crippen MR) is 105 cm³/mol. The molecule has 1 aliphatic rings. The highest BCUT2D eigenvalue weighted by Crippen LogP contribution is 2.29. The lowest BCUT2D eigenvalue weighted by Gasteiger charge is -2.36. The van der Waals surface area contributed by atoms with Gasteiger partial charge in [-0.25, -0.2) is 9.78 Å². The van der Waals surface area contributed by atoms with Gasteiger partial charge in [-0.2, -0.15) is 5.26 Å². The molecule has 1 aromatic heterocycles. The molecule has 1 aromatic carbocycles. The second-order valence-corrected chi connectivity index (χ2v) is 7.68. The van der Waals surface area contributed by atoms with Crippen molar-refractivity contribution < 1.29 is 14.7 Å². The summed E-state index contributed by atoms with van der Waals surface area (Å²) < 4.78 is 0. The van der Waals surface area contributed by atoms with Crippen LogP contribution in [0.3, 0.4) is 0 Å². The molecule has 2 amide bonds. The van der Waals surface area contributed by atoms with E-state index in [1.165, 1.54) is 9.80 Å². The van der Waals surface area contributed by atoms with Gasteiger partial charge in [0.1, 0.15) is 11.9 Å². The molecular formula is C21H22N4O3. The minimum absolute atomic E-state index is 0.269. The Labute approximate surface area is 163 Å². The maximum Gasteiger partial charge on any atom is 0.408 e. The number of rotatable bonds is 3. The first-order valence-electron chi connectivity index (χ1n) is 9.03. The summed E-state index contributed by atoms with van der Waals surface area (Å²) in [5.41, 5.74) is 1.43. The van der Waals surface area contributed by atoms with Gasteiger partial charge in [0.25, 0.3) is 5.91 Å². The van der Waals surface area contributed by atoms with Gasteiger partial charge in [-0.1, -0.05) is 18.2 Å². The summed E-state index contributed by atoms with van der Waals surface area (Å²) >= 11 is 0. The molecule has 28 heavy (non-hydrogen) atoms. The summed E-state index contributed by atoms with van der Waals surface area (Å²) in [6.45, 7) is 5.73. The van der Waals surface area contributed by atoms with Crippen molar-refractivity contribution in [2.75, 3.05) is 11.4 Å². The number of benzene rings is 1. The second kappa shape index (κ2) is 7.31. The molecule has 1 aliphatic heterocycles. The first kappa shape index (κ1) is 19.4. The van der Waals surface area contributed by atoms with E-state index in [9.17, 15) is 20.0 Å². The molecule has 144 valence electrons. The number of hydrogen-bond donors (Lipinski definition) is 1. The van der Waals surface area contributed by atoms with Gasteiger partial charge in [0.15, 0.2) is 0 Å². The number of nitrogens with zero attached hydrogens (tertiary/aromatic N) is 4. The fourth-order valence-corrected chi connectivity index (χ4v) is 3.56. The van der Waals surface area contributed by atoms with Crippen molar-refractivity contribution in [3.8, 4) is 17.2 Å². The largest absolute Gasteiger partial charge is 0.465 e. The van der Waals surface area contributed by atoms with Gasteiger partial charge in [0.2, 0.25) is 0 Å². The molecule has 0 aliphatic carbocycles. The molecule has 0 spiro atoms. The van der Waals surface area contributed by atoms with E-state index in [1.54, 1.807) is 45.2 Å². The third kappa shape index (κ3) is 3.54. The first-order valence-corrected chi connectivity index (χ1v) is 9.03. The van der Waals surface area contributed by atoms with E-state index in [4.69, 9.17) is 0 Å². The Morgan fingerprint density at radius 1 is 1.29 bits per heavy atom. The van der Waals surface area contributed by atoms with Crippen LogP contribution in [0.2, 0.25) is 0 Å². The molecule has 0 radical (unpaired) electrons. The molecule has 1 fully saturated rings. The van der Waals surface area contributed by atoms with Crippen LogP contribution in [-0.4, -0.2) is 45.1 Å². The van der Waals surface area contributed by atoms with E-state index >= 15 is 0 Å². The molecule has 0 bridgehead atoms. The monoisotopic (exact) mass is 378 g/mol. The normalized spacial score (nSPS) is 16.7.